The van der Waals surface area contributed by atoms with Crippen LogP contribution in [0.1, 0.15) is 12.8 Å². The highest BCUT2D eigenvalue weighted by Gasteiger charge is 2.43. The van der Waals surface area contributed by atoms with Crippen LogP contribution >= 0.6 is 0 Å². The van der Waals surface area contributed by atoms with Crippen molar-refractivity contribution in [2.45, 2.75) is 18.9 Å². The minimum absolute atomic E-state index is 0.269. The Balaban J connectivity index is 2.13. The van der Waals surface area contributed by atoms with Gasteiger partial charge in [-0.1, -0.05) is 12.2 Å². The summed E-state index contributed by atoms with van der Waals surface area (Å²) < 4.78 is 24.0. The predicted octanol–water partition coefficient (Wildman–Crippen LogP) is 0.596. The van der Waals surface area contributed by atoms with E-state index in [-0.39, 0.29) is 6.04 Å². The van der Waals surface area contributed by atoms with E-state index < -0.39 is 10.0 Å². The molecule has 2 aliphatic rings. The number of rotatable bonds is 1. The summed E-state index contributed by atoms with van der Waals surface area (Å²) in [6.45, 7) is 0.730. The normalized spacial score (nSPS) is 35.8. The van der Waals surface area contributed by atoms with E-state index in [9.17, 15) is 8.42 Å². The standard InChI is InChI=1S/C8H13NO2S/c1-12(10,11)9-6-7-4-2-3-5-8(7)9/h2-3,7-8H,4-6H2,1H3/t7-,8+/m1/s1. The third-order valence-electron chi connectivity index (χ3n) is 2.74. The van der Waals surface area contributed by atoms with Gasteiger partial charge in [-0.15, -0.1) is 0 Å². The maximum Gasteiger partial charge on any atom is 0.211 e. The number of fused-ring (bicyclic) bond motifs is 1. The van der Waals surface area contributed by atoms with Crippen LogP contribution < -0.4 is 0 Å². The molecule has 0 unspecified atom stereocenters. The van der Waals surface area contributed by atoms with Gasteiger partial charge >= 0.3 is 0 Å². The van der Waals surface area contributed by atoms with Crippen LogP contribution in [0, 0.1) is 5.92 Å². The first-order valence-corrected chi connectivity index (χ1v) is 6.05. The molecule has 0 amide bonds. The van der Waals surface area contributed by atoms with Gasteiger partial charge in [0.05, 0.1) is 6.26 Å². The summed E-state index contributed by atoms with van der Waals surface area (Å²) in [7, 11) is -2.94. The van der Waals surface area contributed by atoms with Crippen LogP contribution in [-0.4, -0.2) is 31.6 Å². The van der Waals surface area contributed by atoms with Crippen molar-refractivity contribution in [1.29, 1.82) is 0 Å². The van der Waals surface area contributed by atoms with E-state index in [0.29, 0.717) is 5.92 Å². The summed E-state index contributed by atoms with van der Waals surface area (Å²) in [6, 6.07) is 0.269. The lowest BCUT2D eigenvalue weighted by molar-refractivity contribution is 0.0998. The van der Waals surface area contributed by atoms with Crippen LogP contribution in [-0.2, 0) is 10.0 Å². The summed E-state index contributed by atoms with van der Waals surface area (Å²) in [4.78, 5) is 0. The molecule has 1 fully saturated rings. The maximum absolute atomic E-state index is 11.2. The van der Waals surface area contributed by atoms with Crippen molar-refractivity contribution in [1.82, 2.24) is 4.31 Å². The molecule has 1 saturated heterocycles. The maximum atomic E-state index is 11.2. The molecule has 0 N–H and O–H groups in total. The molecule has 0 saturated carbocycles. The van der Waals surface area contributed by atoms with Crippen LogP contribution in [0.15, 0.2) is 12.2 Å². The highest BCUT2D eigenvalue weighted by molar-refractivity contribution is 7.88. The van der Waals surface area contributed by atoms with Crippen LogP contribution in [0.3, 0.4) is 0 Å². The third kappa shape index (κ3) is 1.19. The number of hydrogen-bond acceptors (Lipinski definition) is 2. The second-order valence-corrected chi connectivity index (χ2v) is 5.54. The predicted molar refractivity (Wildman–Crippen MR) is 47.2 cm³/mol. The van der Waals surface area contributed by atoms with E-state index >= 15 is 0 Å². The summed E-state index contributed by atoms with van der Waals surface area (Å²) in [5.41, 5.74) is 0. The molecular formula is C8H13NO2S. The number of sulfonamides is 1. The van der Waals surface area contributed by atoms with Crippen molar-refractivity contribution >= 4 is 10.0 Å². The molecule has 0 spiro atoms. The molecule has 0 bridgehead atoms. The van der Waals surface area contributed by atoms with Crippen molar-refractivity contribution < 1.29 is 8.42 Å². The molecule has 0 radical (unpaired) electrons. The topological polar surface area (TPSA) is 37.4 Å². The lowest BCUT2D eigenvalue weighted by Gasteiger charge is -2.47. The minimum atomic E-state index is -2.94. The van der Waals surface area contributed by atoms with E-state index in [0.717, 1.165) is 19.4 Å². The van der Waals surface area contributed by atoms with Crippen molar-refractivity contribution in [2.24, 2.45) is 5.92 Å². The van der Waals surface area contributed by atoms with Crippen molar-refractivity contribution in [3.63, 3.8) is 0 Å². The van der Waals surface area contributed by atoms with Gasteiger partial charge in [0.1, 0.15) is 0 Å². The van der Waals surface area contributed by atoms with E-state index in [1.165, 1.54) is 6.26 Å². The molecule has 12 heavy (non-hydrogen) atoms. The molecule has 1 aliphatic carbocycles. The summed E-state index contributed by atoms with van der Waals surface area (Å²) in [5, 5.41) is 0. The molecule has 1 aliphatic heterocycles. The van der Waals surface area contributed by atoms with Gasteiger partial charge in [-0.05, 0) is 18.8 Å². The largest absolute Gasteiger partial charge is 0.212 e. The second-order valence-electron chi connectivity index (χ2n) is 3.60. The lowest BCUT2D eigenvalue weighted by atomic mass is 9.83. The minimum Gasteiger partial charge on any atom is -0.212 e. The highest BCUT2D eigenvalue weighted by atomic mass is 32.2. The smallest absolute Gasteiger partial charge is 0.211 e. The van der Waals surface area contributed by atoms with Gasteiger partial charge in [0.15, 0.2) is 0 Å². The summed E-state index contributed by atoms with van der Waals surface area (Å²) >= 11 is 0. The van der Waals surface area contributed by atoms with Gasteiger partial charge in [0.25, 0.3) is 0 Å². The van der Waals surface area contributed by atoms with Crippen molar-refractivity contribution in [3.05, 3.63) is 12.2 Å². The Morgan fingerprint density at radius 3 is 2.58 bits per heavy atom. The Bertz CT molecular complexity index is 307. The van der Waals surface area contributed by atoms with Crippen LogP contribution in [0.5, 0.6) is 0 Å². The molecule has 2 rings (SSSR count). The number of nitrogens with zero attached hydrogens (tertiary/aromatic N) is 1. The first-order chi connectivity index (χ1) is 5.59. The van der Waals surface area contributed by atoms with Gasteiger partial charge in [0, 0.05) is 12.6 Å². The Labute approximate surface area is 73.1 Å². The fourth-order valence-electron chi connectivity index (χ4n) is 2.01. The van der Waals surface area contributed by atoms with Gasteiger partial charge in [-0.3, -0.25) is 0 Å². The molecule has 0 aromatic rings. The molecule has 2 atom stereocenters. The molecule has 4 heteroatoms. The van der Waals surface area contributed by atoms with E-state index in [1.807, 2.05) is 0 Å². The average molecular weight is 187 g/mol. The second kappa shape index (κ2) is 2.57. The zero-order chi connectivity index (χ0) is 8.77. The van der Waals surface area contributed by atoms with Crippen LogP contribution in [0.2, 0.25) is 0 Å². The first-order valence-electron chi connectivity index (χ1n) is 4.21. The number of allylic oxidation sites excluding steroid dienone is 1. The fourth-order valence-corrected chi connectivity index (χ4v) is 3.23. The Morgan fingerprint density at radius 2 is 2.00 bits per heavy atom. The lowest BCUT2D eigenvalue weighted by Crippen LogP contribution is -2.58. The first kappa shape index (κ1) is 8.26. The van der Waals surface area contributed by atoms with E-state index in [2.05, 4.69) is 12.2 Å². The Morgan fingerprint density at radius 1 is 1.33 bits per heavy atom. The third-order valence-corrected chi connectivity index (χ3v) is 4.01. The van der Waals surface area contributed by atoms with Crippen molar-refractivity contribution in [2.75, 3.05) is 12.8 Å². The highest BCUT2D eigenvalue weighted by Crippen LogP contribution is 2.35. The zero-order valence-corrected chi connectivity index (χ0v) is 7.92. The Hall–Kier alpha value is -0.350. The van der Waals surface area contributed by atoms with Gasteiger partial charge in [-0.2, -0.15) is 4.31 Å². The molecule has 0 aromatic carbocycles. The molecule has 0 aromatic heterocycles. The average Bonchev–Trinajstić information content (AvgIpc) is 1.88. The van der Waals surface area contributed by atoms with Crippen LogP contribution in [0.25, 0.3) is 0 Å². The molecule has 3 nitrogen and oxygen atoms in total. The van der Waals surface area contributed by atoms with Gasteiger partial charge in [-0.25, -0.2) is 8.42 Å². The molecule has 1 heterocycles. The monoisotopic (exact) mass is 187 g/mol. The molecular weight excluding hydrogens is 174 g/mol. The van der Waals surface area contributed by atoms with E-state index in [1.54, 1.807) is 4.31 Å². The van der Waals surface area contributed by atoms with Crippen LogP contribution in [0.4, 0.5) is 0 Å². The van der Waals surface area contributed by atoms with Crippen molar-refractivity contribution in [3.8, 4) is 0 Å². The molecule has 68 valence electrons. The Kier molecular flexibility index (Phi) is 1.77. The summed E-state index contributed by atoms with van der Waals surface area (Å²) in [5.74, 6) is 0.588. The number of hydrogen-bond donors (Lipinski definition) is 0. The SMILES string of the molecule is CS(=O)(=O)N1C[C@H]2CC=CC[C@@H]21. The van der Waals surface area contributed by atoms with Gasteiger partial charge < -0.3 is 0 Å². The fraction of sp³-hybridized carbons (Fsp3) is 0.750. The zero-order valence-electron chi connectivity index (χ0n) is 7.10. The van der Waals surface area contributed by atoms with E-state index in [4.69, 9.17) is 0 Å². The summed E-state index contributed by atoms with van der Waals surface area (Å²) in [6.07, 6.45) is 7.48. The van der Waals surface area contributed by atoms with Gasteiger partial charge in [0.2, 0.25) is 10.0 Å². The quantitative estimate of drug-likeness (QED) is 0.564.